The first-order valence-corrected chi connectivity index (χ1v) is 8.14. The number of aliphatic hydroxyl groups is 1. The highest BCUT2D eigenvalue weighted by molar-refractivity contribution is 5.78. The SMILES string of the molecule is CC(=O)CN(CCN(CCN(COCO)CC(=O)O)CC(=O)O)CC(=O)O. The van der Waals surface area contributed by atoms with Gasteiger partial charge in [-0.3, -0.25) is 33.9 Å². The molecule has 0 saturated carbocycles. The number of hydrogen-bond acceptors (Lipinski definition) is 9. The van der Waals surface area contributed by atoms with Crippen LogP contribution < -0.4 is 0 Å². The minimum atomic E-state index is -1.10. The number of carbonyl (C=O) groups excluding carboxylic acids is 1. The summed E-state index contributed by atoms with van der Waals surface area (Å²) < 4.78 is 4.77. The number of carboxylic acids is 3. The normalized spacial score (nSPS) is 11.3. The summed E-state index contributed by atoms with van der Waals surface area (Å²) in [5.41, 5.74) is 0. The third-order valence-electron chi connectivity index (χ3n) is 3.35. The number of Topliss-reactive ketones (excluding diaryl/α,β-unsaturated/α-hetero) is 1. The van der Waals surface area contributed by atoms with Crippen LogP contribution in [0, 0.1) is 0 Å². The summed E-state index contributed by atoms with van der Waals surface area (Å²) in [6.07, 6.45) is 0. The van der Waals surface area contributed by atoms with Gasteiger partial charge in [0.15, 0.2) is 0 Å². The van der Waals surface area contributed by atoms with E-state index in [1.165, 1.54) is 21.6 Å². The summed E-state index contributed by atoms with van der Waals surface area (Å²) in [6, 6.07) is 0. The van der Waals surface area contributed by atoms with Crippen molar-refractivity contribution in [2.24, 2.45) is 0 Å². The van der Waals surface area contributed by atoms with Crippen LogP contribution in [0.5, 0.6) is 0 Å². The van der Waals surface area contributed by atoms with E-state index in [1.54, 1.807) is 0 Å². The molecule has 0 heterocycles. The molecule has 0 aromatic heterocycles. The number of aliphatic hydroxyl groups excluding tert-OH is 1. The molecule has 4 N–H and O–H groups in total. The van der Waals surface area contributed by atoms with E-state index in [0.29, 0.717) is 0 Å². The number of nitrogens with zero attached hydrogens (tertiary/aromatic N) is 3. The number of ketones is 1. The highest BCUT2D eigenvalue weighted by Gasteiger charge is 2.17. The van der Waals surface area contributed by atoms with Gasteiger partial charge in [-0.25, -0.2) is 0 Å². The Morgan fingerprint density at radius 3 is 1.56 bits per heavy atom. The zero-order chi connectivity index (χ0) is 20.8. The van der Waals surface area contributed by atoms with Crippen molar-refractivity contribution in [3.63, 3.8) is 0 Å². The zero-order valence-electron chi connectivity index (χ0n) is 15.2. The smallest absolute Gasteiger partial charge is 0.317 e. The Morgan fingerprint density at radius 2 is 1.11 bits per heavy atom. The number of ether oxygens (including phenoxy) is 1. The first kappa shape index (κ1) is 24.9. The highest BCUT2D eigenvalue weighted by atomic mass is 16.6. The van der Waals surface area contributed by atoms with Crippen LogP contribution in [0.15, 0.2) is 0 Å². The number of rotatable bonds is 17. The molecule has 156 valence electrons. The van der Waals surface area contributed by atoms with Crippen molar-refractivity contribution in [1.29, 1.82) is 0 Å². The fraction of sp³-hybridized carbons (Fsp3) is 0.733. The van der Waals surface area contributed by atoms with E-state index in [4.69, 9.17) is 25.2 Å². The number of carbonyl (C=O) groups is 4. The van der Waals surface area contributed by atoms with E-state index in [0.717, 1.165) is 0 Å². The maximum atomic E-state index is 11.2. The molecular formula is C15H27N3O9. The van der Waals surface area contributed by atoms with E-state index in [2.05, 4.69) is 0 Å². The summed E-state index contributed by atoms with van der Waals surface area (Å²) in [4.78, 5) is 48.3. The molecule has 0 fully saturated rings. The minimum absolute atomic E-state index is 0.0668. The van der Waals surface area contributed by atoms with Gasteiger partial charge in [0.2, 0.25) is 0 Å². The Bertz CT molecular complexity index is 485. The Morgan fingerprint density at radius 1 is 0.704 bits per heavy atom. The van der Waals surface area contributed by atoms with Gasteiger partial charge in [0, 0.05) is 26.2 Å². The molecule has 0 rings (SSSR count). The van der Waals surface area contributed by atoms with Crippen molar-refractivity contribution in [2.75, 3.05) is 65.9 Å². The molecule has 0 amide bonds. The van der Waals surface area contributed by atoms with Gasteiger partial charge < -0.3 is 25.2 Å². The van der Waals surface area contributed by atoms with Crippen LogP contribution in [0.1, 0.15) is 6.92 Å². The lowest BCUT2D eigenvalue weighted by Gasteiger charge is -2.27. The summed E-state index contributed by atoms with van der Waals surface area (Å²) in [5.74, 6) is -3.51. The highest BCUT2D eigenvalue weighted by Crippen LogP contribution is 1.97. The molecule has 12 nitrogen and oxygen atoms in total. The largest absolute Gasteiger partial charge is 0.480 e. The molecule has 0 aliphatic carbocycles. The van der Waals surface area contributed by atoms with E-state index in [9.17, 15) is 19.2 Å². The average Bonchev–Trinajstić information content (AvgIpc) is 2.52. The van der Waals surface area contributed by atoms with Crippen LogP contribution in [-0.2, 0) is 23.9 Å². The number of hydrogen-bond donors (Lipinski definition) is 4. The lowest BCUT2D eigenvalue weighted by Crippen LogP contribution is -2.45. The summed E-state index contributed by atoms with van der Waals surface area (Å²) in [7, 11) is 0. The van der Waals surface area contributed by atoms with Crippen molar-refractivity contribution in [1.82, 2.24) is 14.7 Å². The van der Waals surface area contributed by atoms with E-state index in [1.807, 2.05) is 0 Å². The van der Waals surface area contributed by atoms with Gasteiger partial charge in [-0.1, -0.05) is 0 Å². The van der Waals surface area contributed by atoms with Crippen molar-refractivity contribution in [2.45, 2.75) is 6.92 Å². The van der Waals surface area contributed by atoms with Gasteiger partial charge in [-0.2, -0.15) is 0 Å². The van der Waals surface area contributed by atoms with Crippen molar-refractivity contribution < 1.29 is 44.3 Å². The first-order chi connectivity index (χ1) is 12.6. The molecule has 0 aliphatic heterocycles. The Hall–Kier alpha value is -2.12. The Labute approximate surface area is 156 Å². The third-order valence-corrected chi connectivity index (χ3v) is 3.35. The van der Waals surface area contributed by atoms with E-state index < -0.39 is 24.7 Å². The lowest BCUT2D eigenvalue weighted by atomic mass is 10.3. The molecule has 0 spiro atoms. The summed E-state index contributed by atoms with van der Waals surface area (Å²) in [5, 5.41) is 35.5. The Kier molecular flexibility index (Phi) is 12.9. The van der Waals surface area contributed by atoms with Gasteiger partial charge in [-0.05, 0) is 6.92 Å². The van der Waals surface area contributed by atoms with Gasteiger partial charge >= 0.3 is 17.9 Å². The quantitative estimate of drug-likeness (QED) is 0.195. The fourth-order valence-corrected chi connectivity index (χ4v) is 2.30. The number of aliphatic carboxylic acids is 3. The van der Waals surface area contributed by atoms with Gasteiger partial charge in [0.25, 0.3) is 0 Å². The average molecular weight is 393 g/mol. The van der Waals surface area contributed by atoms with Crippen LogP contribution >= 0.6 is 0 Å². The topological polar surface area (TPSA) is 168 Å². The molecule has 0 atom stereocenters. The predicted octanol–water partition coefficient (Wildman–Crippen LogP) is -2.34. The Balaban J connectivity index is 4.77. The van der Waals surface area contributed by atoms with Gasteiger partial charge in [0.1, 0.15) is 19.3 Å². The second-order valence-corrected chi connectivity index (χ2v) is 5.88. The number of carboxylic acid groups (broad SMARTS) is 3. The maximum Gasteiger partial charge on any atom is 0.317 e. The molecule has 0 saturated heterocycles. The predicted molar refractivity (Wildman–Crippen MR) is 91.1 cm³/mol. The molecule has 0 radical (unpaired) electrons. The first-order valence-electron chi connectivity index (χ1n) is 8.14. The van der Waals surface area contributed by atoms with Crippen molar-refractivity contribution in [3.8, 4) is 0 Å². The van der Waals surface area contributed by atoms with Crippen LogP contribution in [0.4, 0.5) is 0 Å². The van der Waals surface area contributed by atoms with E-state index in [-0.39, 0.29) is 64.9 Å². The molecule has 0 aromatic carbocycles. The molecular weight excluding hydrogens is 366 g/mol. The summed E-state index contributed by atoms with van der Waals surface area (Å²) in [6.45, 7) is 0.177. The monoisotopic (exact) mass is 393 g/mol. The fourth-order valence-electron chi connectivity index (χ4n) is 2.30. The minimum Gasteiger partial charge on any atom is -0.480 e. The van der Waals surface area contributed by atoms with Gasteiger partial charge in [0.05, 0.1) is 26.2 Å². The molecule has 0 aliphatic rings. The molecule has 0 bridgehead atoms. The molecule has 0 aromatic rings. The standard InChI is InChI=1S/C15H27N3O9/c1-12(20)6-17(8-14(23)24)4-2-16(7-13(21)22)3-5-18(9-15(25)26)10-27-11-19/h19H,2-11H2,1H3,(H,21,22)(H,23,24)(H,25,26). The zero-order valence-corrected chi connectivity index (χ0v) is 15.2. The summed E-state index contributed by atoms with van der Waals surface area (Å²) >= 11 is 0. The maximum absolute atomic E-state index is 11.2. The lowest BCUT2D eigenvalue weighted by molar-refractivity contribution is -0.142. The van der Waals surface area contributed by atoms with Crippen LogP contribution in [0.25, 0.3) is 0 Å². The van der Waals surface area contributed by atoms with Crippen LogP contribution in [0.3, 0.4) is 0 Å². The van der Waals surface area contributed by atoms with E-state index >= 15 is 0 Å². The van der Waals surface area contributed by atoms with Crippen molar-refractivity contribution in [3.05, 3.63) is 0 Å². The molecule has 12 heteroatoms. The van der Waals surface area contributed by atoms with Crippen LogP contribution in [0.2, 0.25) is 0 Å². The second-order valence-electron chi connectivity index (χ2n) is 5.88. The van der Waals surface area contributed by atoms with Gasteiger partial charge in [-0.15, -0.1) is 0 Å². The molecule has 27 heavy (non-hydrogen) atoms. The van der Waals surface area contributed by atoms with Crippen molar-refractivity contribution >= 4 is 23.7 Å². The molecule has 0 unspecified atom stereocenters. The third kappa shape index (κ3) is 14.7. The second kappa shape index (κ2) is 14.0. The van der Waals surface area contributed by atoms with Crippen LogP contribution in [-0.4, -0.2) is 125 Å².